The Morgan fingerprint density at radius 1 is 0.941 bits per heavy atom. The molecule has 84 valence electrons. The van der Waals surface area contributed by atoms with Crippen molar-refractivity contribution in [3.63, 3.8) is 0 Å². The quantitative estimate of drug-likeness (QED) is 0.615. The molecule has 0 saturated carbocycles. The topological polar surface area (TPSA) is 35.0 Å². The first-order chi connectivity index (χ1) is 8.29. The fourth-order valence-electron chi connectivity index (χ4n) is 1.83. The zero-order chi connectivity index (χ0) is 11.8. The smallest absolute Gasteiger partial charge is 0.165 e. The largest absolute Gasteiger partial charge is 0.493 e. The highest BCUT2D eigenvalue weighted by Gasteiger charge is 2.09. The van der Waals surface area contributed by atoms with Gasteiger partial charge in [0.2, 0.25) is 0 Å². The van der Waals surface area contributed by atoms with E-state index in [2.05, 4.69) is 9.97 Å². The van der Waals surface area contributed by atoms with Gasteiger partial charge in [-0.1, -0.05) is 23.7 Å². The Morgan fingerprint density at radius 2 is 1.65 bits per heavy atom. The number of ether oxygens (including phenoxy) is 1. The van der Waals surface area contributed by atoms with Crippen LogP contribution in [0.4, 0.5) is 0 Å². The first-order valence-electron chi connectivity index (χ1n) is 5.18. The summed E-state index contributed by atoms with van der Waals surface area (Å²) in [6.45, 7) is 0. The molecule has 1 heterocycles. The van der Waals surface area contributed by atoms with Gasteiger partial charge in [0.1, 0.15) is 5.52 Å². The molecule has 0 N–H and O–H groups in total. The van der Waals surface area contributed by atoms with Crippen molar-refractivity contribution in [3.05, 3.63) is 41.4 Å². The van der Waals surface area contributed by atoms with E-state index in [1.807, 2.05) is 30.3 Å². The van der Waals surface area contributed by atoms with Crippen LogP contribution in [0.5, 0.6) is 5.75 Å². The van der Waals surface area contributed by atoms with E-state index in [1.54, 1.807) is 13.2 Å². The second kappa shape index (κ2) is 3.86. The second-order valence-electron chi connectivity index (χ2n) is 3.66. The standard InChI is InChI=1S/C13H9ClN2O/c1-17-13-8(14)6-7-11-12(13)16-10-5-3-2-4-9(10)15-11/h2-7H,1H3. The van der Waals surface area contributed by atoms with Crippen LogP contribution in [0.25, 0.3) is 22.1 Å². The molecule has 17 heavy (non-hydrogen) atoms. The van der Waals surface area contributed by atoms with Gasteiger partial charge in [0.15, 0.2) is 5.75 Å². The molecule has 0 fully saturated rings. The normalized spacial score (nSPS) is 10.9. The summed E-state index contributed by atoms with van der Waals surface area (Å²) in [5.74, 6) is 0.572. The van der Waals surface area contributed by atoms with Gasteiger partial charge in [-0.15, -0.1) is 0 Å². The fraction of sp³-hybridized carbons (Fsp3) is 0.0769. The molecule has 1 aromatic heterocycles. The van der Waals surface area contributed by atoms with E-state index in [0.717, 1.165) is 16.6 Å². The number of fused-ring (bicyclic) bond motifs is 2. The summed E-state index contributed by atoms with van der Waals surface area (Å²) < 4.78 is 5.27. The number of hydrogen-bond donors (Lipinski definition) is 0. The predicted molar refractivity (Wildman–Crippen MR) is 68.6 cm³/mol. The van der Waals surface area contributed by atoms with Gasteiger partial charge in [0.05, 0.1) is 28.7 Å². The van der Waals surface area contributed by atoms with Crippen LogP contribution in [0.3, 0.4) is 0 Å². The van der Waals surface area contributed by atoms with Crippen molar-refractivity contribution in [1.29, 1.82) is 0 Å². The van der Waals surface area contributed by atoms with Gasteiger partial charge in [-0.25, -0.2) is 9.97 Å². The van der Waals surface area contributed by atoms with E-state index in [-0.39, 0.29) is 0 Å². The Labute approximate surface area is 103 Å². The lowest BCUT2D eigenvalue weighted by atomic mass is 10.2. The number of benzene rings is 2. The fourth-order valence-corrected chi connectivity index (χ4v) is 2.06. The van der Waals surface area contributed by atoms with E-state index < -0.39 is 0 Å². The monoisotopic (exact) mass is 244 g/mol. The van der Waals surface area contributed by atoms with Gasteiger partial charge in [-0.05, 0) is 24.3 Å². The molecular weight excluding hydrogens is 236 g/mol. The minimum absolute atomic E-state index is 0.546. The average Bonchev–Trinajstić information content (AvgIpc) is 2.36. The first kappa shape index (κ1) is 10.3. The number of methoxy groups -OCH3 is 1. The summed E-state index contributed by atoms with van der Waals surface area (Å²) in [6, 6.07) is 11.3. The van der Waals surface area contributed by atoms with Crippen molar-refractivity contribution in [3.8, 4) is 5.75 Å². The van der Waals surface area contributed by atoms with Crippen LogP contribution in [0.1, 0.15) is 0 Å². The van der Waals surface area contributed by atoms with E-state index in [1.165, 1.54) is 0 Å². The number of halogens is 1. The lowest BCUT2D eigenvalue weighted by Crippen LogP contribution is -1.92. The summed E-state index contributed by atoms with van der Waals surface area (Å²) in [5.41, 5.74) is 3.17. The second-order valence-corrected chi connectivity index (χ2v) is 4.07. The van der Waals surface area contributed by atoms with Crippen molar-refractivity contribution < 1.29 is 4.74 Å². The van der Waals surface area contributed by atoms with Gasteiger partial charge in [0.25, 0.3) is 0 Å². The number of aromatic nitrogens is 2. The van der Waals surface area contributed by atoms with Gasteiger partial charge in [0, 0.05) is 0 Å². The number of rotatable bonds is 1. The maximum Gasteiger partial charge on any atom is 0.165 e. The molecule has 0 aliphatic rings. The predicted octanol–water partition coefficient (Wildman–Crippen LogP) is 3.45. The molecule has 0 saturated heterocycles. The average molecular weight is 245 g/mol. The molecule has 0 aliphatic carbocycles. The molecule has 0 aliphatic heterocycles. The van der Waals surface area contributed by atoms with E-state index in [9.17, 15) is 0 Å². The Bertz CT molecular complexity index is 712. The summed E-state index contributed by atoms with van der Waals surface area (Å²) in [5, 5.41) is 0.546. The van der Waals surface area contributed by atoms with E-state index in [0.29, 0.717) is 16.3 Å². The Morgan fingerprint density at radius 3 is 2.35 bits per heavy atom. The number of hydrogen-bond acceptors (Lipinski definition) is 3. The minimum atomic E-state index is 0.546. The highest BCUT2D eigenvalue weighted by molar-refractivity contribution is 6.33. The van der Waals surface area contributed by atoms with Gasteiger partial charge < -0.3 is 4.74 Å². The van der Waals surface area contributed by atoms with Crippen LogP contribution < -0.4 is 4.74 Å². The molecule has 3 rings (SSSR count). The summed E-state index contributed by atoms with van der Waals surface area (Å²) in [4.78, 5) is 9.06. The maximum atomic E-state index is 6.06. The van der Waals surface area contributed by atoms with Gasteiger partial charge in [-0.2, -0.15) is 0 Å². The van der Waals surface area contributed by atoms with Crippen molar-refractivity contribution in [2.45, 2.75) is 0 Å². The van der Waals surface area contributed by atoms with Crippen LogP contribution >= 0.6 is 11.6 Å². The summed E-state index contributed by atoms with van der Waals surface area (Å²) in [6.07, 6.45) is 0. The lowest BCUT2D eigenvalue weighted by Gasteiger charge is -2.07. The zero-order valence-corrected chi connectivity index (χ0v) is 9.90. The molecule has 0 amide bonds. The van der Waals surface area contributed by atoms with Crippen molar-refractivity contribution in [1.82, 2.24) is 9.97 Å². The van der Waals surface area contributed by atoms with E-state index >= 15 is 0 Å². The molecule has 0 atom stereocenters. The van der Waals surface area contributed by atoms with Gasteiger partial charge >= 0.3 is 0 Å². The molecule has 0 unspecified atom stereocenters. The summed E-state index contributed by atoms with van der Waals surface area (Å²) >= 11 is 6.06. The van der Waals surface area contributed by atoms with Crippen LogP contribution in [0.2, 0.25) is 5.02 Å². The highest BCUT2D eigenvalue weighted by Crippen LogP contribution is 2.31. The van der Waals surface area contributed by atoms with Crippen LogP contribution in [-0.4, -0.2) is 17.1 Å². The first-order valence-corrected chi connectivity index (χ1v) is 5.56. The number of para-hydroxylation sites is 2. The molecule has 0 radical (unpaired) electrons. The maximum absolute atomic E-state index is 6.06. The SMILES string of the molecule is COc1c(Cl)ccc2nc3ccccc3nc12. The van der Waals surface area contributed by atoms with Gasteiger partial charge in [-0.3, -0.25) is 0 Å². The van der Waals surface area contributed by atoms with Crippen molar-refractivity contribution in [2.75, 3.05) is 7.11 Å². The third kappa shape index (κ3) is 1.59. The van der Waals surface area contributed by atoms with Crippen LogP contribution in [0.15, 0.2) is 36.4 Å². The summed E-state index contributed by atoms with van der Waals surface area (Å²) in [7, 11) is 1.58. The molecule has 3 aromatic rings. The third-order valence-corrected chi connectivity index (χ3v) is 2.92. The highest BCUT2D eigenvalue weighted by atomic mass is 35.5. The zero-order valence-electron chi connectivity index (χ0n) is 9.14. The number of nitrogens with zero attached hydrogens (tertiary/aromatic N) is 2. The molecular formula is C13H9ClN2O. The Hall–Kier alpha value is -1.87. The minimum Gasteiger partial charge on any atom is -0.493 e. The molecule has 2 aromatic carbocycles. The van der Waals surface area contributed by atoms with Crippen molar-refractivity contribution in [2.24, 2.45) is 0 Å². The third-order valence-electron chi connectivity index (χ3n) is 2.62. The molecule has 0 spiro atoms. The lowest BCUT2D eigenvalue weighted by molar-refractivity contribution is 0.419. The Balaban J connectivity index is 2.47. The van der Waals surface area contributed by atoms with Crippen LogP contribution in [-0.2, 0) is 0 Å². The van der Waals surface area contributed by atoms with E-state index in [4.69, 9.17) is 16.3 Å². The molecule has 0 bridgehead atoms. The van der Waals surface area contributed by atoms with Crippen LogP contribution in [0, 0.1) is 0 Å². The molecule has 3 nitrogen and oxygen atoms in total. The van der Waals surface area contributed by atoms with Crippen molar-refractivity contribution >= 4 is 33.7 Å². The molecule has 4 heteroatoms. The Kier molecular flexibility index (Phi) is 2.34.